The minimum absolute atomic E-state index is 0.521. The predicted molar refractivity (Wildman–Crippen MR) is 81.0 cm³/mol. The molecular weight excluding hydrogens is 268 g/mol. The molecule has 2 aromatic rings. The lowest BCUT2D eigenvalue weighted by atomic mass is 10.4. The highest BCUT2D eigenvalue weighted by atomic mass is 16.4. The summed E-state index contributed by atoms with van der Waals surface area (Å²) in [6, 6.07) is 1.92. The van der Waals surface area contributed by atoms with E-state index < -0.39 is 0 Å². The fourth-order valence-corrected chi connectivity index (χ4v) is 1.88. The van der Waals surface area contributed by atoms with Crippen molar-refractivity contribution in [1.29, 1.82) is 0 Å². The molecule has 7 heteroatoms. The number of oxazole rings is 1. The lowest BCUT2D eigenvalue weighted by molar-refractivity contribution is 0.463. The van der Waals surface area contributed by atoms with Gasteiger partial charge in [0.15, 0.2) is 5.96 Å². The minimum Gasteiger partial charge on any atom is -0.444 e. The van der Waals surface area contributed by atoms with E-state index in [-0.39, 0.29) is 0 Å². The van der Waals surface area contributed by atoms with Crippen molar-refractivity contribution in [3.63, 3.8) is 0 Å². The Bertz CT molecular complexity index is 553. The molecule has 0 unspecified atom stereocenters. The fourth-order valence-electron chi connectivity index (χ4n) is 1.88. The maximum absolute atomic E-state index is 5.52. The third-order valence-electron chi connectivity index (χ3n) is 3.12. The summed E-state index contributed by atoms with van der Waals surface area (Å²) in [5.74, 6) is 2.27. The first-order valence-electron chi connectivity index (χ1n) is 7.04. The molecule has 0 spiro atoms. The van der Waals surface area contributed by atoms with E-state index in [1.807, 2.05) is 30.8 Å². The Kier molecular flexibility index (Phi) is 5.36. The molecule has 0 atom stereocenters. The molecule has 2 aromatic heterocycles. The van der Waals surface area contributed by atoms with Crippen LogP contribution in [0.5, 0.6) is 0 Å². The number of guanidine groups is 1. The van der Waals surface area contributed by atoms with Crippen LogP contribution in [-0.2, 0) is 13.1 Å². The SMILES string of the molecule is CN=C(NCCCn1cccn1)NCc1nc(C)c(C)o1. The zero-order valence-electron chi connectivity index (χ0n) is 12.8. The molecule has 0 aliphatic heterocycles. The third kappa shape index (κ3) is 4.62. The topological polar surface area (TPSA) is 80.3 Å². The van der Waals surface area contributed by atoms with Gasteiger partial charge in [-0.3, -0.25) is 9.67 Å². The summed E-state index contributed by atoms with van der Waals surface area (Å²) in [6.07, 6.45) is 4.72. The molecule has 0 bridgehead atoms. The van der Waals surface area contributed by atoms with Gasteiger partial charge in [-0.05, 0) is 26.3 Å². The van der Waals surface area contributed by atoms with Gasteiger partial charge >= 0.3 is 0 Å². The summed E-state index contributed by atoms with van der Waals surface area (Å²) in [7, 11) is 1.74. The largest absolute Gasteiger partial charge is 0.444 e. The number of nitrogens with one attached hydrogen (secondary N) is 2. The van der Waals surface area contributed by atoms with Crippen molar-refractivity contribution in [2.45, 2.75) is 33.4 Å². The summed E-state index contributed by atoms with van der Waals surface area (Å²) in [4.78, 5) is 8.49. The van der Waals surface area contributed by atoms with E-state index in [4.69, 9.17) is 4.42 Å². The van der Waals surface area contributed by atoms with E-state index in [9.17, 15) is 0 Å². The summed E-state index contributed by atoms with van der Waals surface area (Å²) in [6.45, 7) is 6.07. The normalized spacial score (nSPS) is 11.7. The van der Waals surface area contributed by atoms with Crippen LogP contribution in [0.4, 0.5) is 0 Å². The summed E-state index contributed by atoms with van der Waals surface area (Å²) < 4.78 is 7.43. The quantitative estimate of drug-likeness (QED) is 0.475. The zero-order chi connectivity index (χ0) is 15.1. The minimum atomic E-state index is 0.521. The van der Waals surface area contributed by atoms with E-state index in [1.54, 1.807) is 13.2 Å². The standard InChI is InChI=1S/C14H22N6O/c1-11-12(2)21-13(19-11)10-17-14(15-3)16-6-4-8-20-9-5-7-18-20/h5,7,9H,4,6,8,10H2,1-3H3,(H2,15,16,17). The average Bonchev–Trinajstić information content (AvgIpc) is 3.09. The van der Waals surface area contributed by atoms with Crippen LogP contribution in [0.3, 0.4) is 0 Å². The highest BCUT2D eigenvalue weighted by molar-refractivity contribution is 5.79. The maximum Gasteiger partial charge on any atom is 0.214 e. The van der Waals surface area contributed by atoms with Gasteiger partial charge in [-0.25, -0.2) is 4.98 Å². The van der Waals surface area contributed by atoms with Gasteiger partial charge in [-0.2, -0.15) is 5.10 Å². The molecule has 114 valence electrons. The molecule has 0 aliphatic rings. The number of aryl methyl sites for hydroxylation is 3. The molecular formula is C14H22N6O. The van der Waals surface area contributed by atoms with Gasteiger partial charge in [0.25, 0.3) is 0 Å². The van der Waals surface area contributed by atoms with Crippen molar-refractivity contribution in [2.75, 3.05) is 13.6 Å². The van der Waals surface area contributed by atoms with Crippen LogP contribution in [-0.4, -0.2) is 34.3 Å². The summed E-state index contributed by atoms with van der Waals surface area (Å²) >= 11 is 0. The Labute approximate surface area is 124 Å². The smallest absolute Gasteiger partial charge is 0.214 e. The first-order chi connectivity index (χ1) is 10.2. The first kappa shape index (κ1) is 15.1. The summed E-state index contributed by atoms with van der Waals surface area (Å²) in [5.41, 5.74) is 0.925. The first-order valence-corrected chi connectivity index (χ1v) is 7.04. The highest BCUT2D eigenvalue weighted by Gasteiger charge is 2.06. The van der Waals surface area contributed by atoms with Gasteiger partial charge in [-0.15, -0.1) is 0 Å². The van der Waals surface area contributed by atoms with Gasteiger partial charge in [0.05, 0.1) is 12.2 Å². The van der Waals surface area contributed by atoms with Crippen molar-refractivity contribution < 1.29 is 4.42 Å². The molecule has 7 nitrogen and oxygen atoms in total. The number of nitrogens with zero attached hydrogens (tertiary/aromatic N) is 4. The molecule has 0 aromatic carbocycles. The third-order valence-corrected chi connectivity index (χ3v) is 3.12. The Hall–Kier alpha value is -2.31. The molecule has 0 amide bonds. The van der Waals surface area contributed by atoms with Crippen LogP contribution in [0.25, 0.3) is 0 Å². The maximum atomic E-state index is 5.52. The molecule has 0 aliphatic carbocycles. The Morgan fingerprint density at radius 2 is 2.24 bits per heavy atom. The molecule has 2 rings (SSSR count). The van der Waals surface area contributed by atoms with Crippen LogP contribution < -0.4 is 10.6 Å². The van der Waals surface area contributed by atoms with Crippen LogP contribution in [0.2, 0.25) is 0 Å². The zero-order valence-corrected chi connectivity index (χ0v) is 12.8. The Morgan fingerprint density at radius 3 is 2.86 bits per heavy atom. The second-order valence-corrected chi connectivity index (χ2v) is 4.72. The Morgan fingerprint density at radius 1 is 1.38 bits per heavy atom. The average molecular weight is 290 g/mol. The molecule has 21 heavy (non-hydrogen) atoms. The van der Waals surface area contributed by atoms with E-state index >= 15 is 0 Å². The molecule has 2 N–H and O–H groups in total. The number of aliphatic imine (C=N–C) groups is 1. The van der Waals surface area contributed by atoms with E-state index in [1.165, 1.54) is 0 Å². The Balaban J connectivity index is 1.68. The van der Waals surface area contributed by atoms with Crippen LogP contribution in [0.1, 0.15) is 23.8 Å². The van der Waals surface area contributed by atoms with E-state index in [0.717, 1.165) is 36.9 Å². The van der Waals surface area contributed by atoms with Gasteiger partial charge in [0.2, 0.25) is 5.89 Å². The molecule has 0 saturated carbocycles. The highest BCUT2D eigenvalue weighted by Crippen LogP contribution is 2.07. The van der Waals surface area contributed by atoms with Crippen molar-refractivity contribution in [2.24, 2.45) is 4.99 Å². The number of aromatic nitrogens is 3. The van der Waals surface area contributed by atoms with E-state index in [0.29, 0.717) is 12.4 Å². The predicted octanol–water partition coefficient (Wildman–Crippen LogP) is 1.24. The number of hydrogen-bond acceptors (Lipinski definition) is 4. The lowest BCUT2D eigenvalue weighted by Crippen LogP contribution is -2.37. The monoisotopic (exact) mass is 290 g/mol. The molecule has 0 saturated heterocycles. The second-order valence-electron chi connectivity index (χ2n) is 4.72. The molecule has 0 fully saturated rings. The summed E-state index contributed by atoms with van der Waals surface area (Å²) in [5, 5.41) is 10.6. The van der Waals surface area contributed by atoms with Crippen molar-refractivity contribution in [3.05, 3.63) is 35.8 Å². The second kappa shape index (κ2) is 7.47. The van der Waals surface area contributed by atoms with Gasteiger partial charge in [0, 0.05) is 32.5 Å². The lowest BCUT2D eigenvalue weighted by Gasteiger charge is -2.10. The van der Waals surface area contributed by atoms with Gasteiger partial charge in [-0.1, -0.05) is 0 Å². The molecule has 2 heterocycles. The fraction of sp³-hybridized carbons (Fsp3) is 0.500. The van der Waals surface area contributed by atoms with Crippen LogP contribution >= 0.6 is 0 Å². The number of hydrogen-bond donors (Lipinski definition) is 2. The van der Waals surface area contributed by atoms with Gasteiger partial charge < -0.3 is 15.1 Å². The number of rotatable bonds is 6. The van der Waals surface area contributed by atoms with Crippen molar-refractivity contribution in [3.8, 4) is 0 Å². The molecule has 0 radical (unpaired) electrons. The van der Waals surface area contributed by atoms with Gasteiger partial charge in [0.1, 0.15) is 5.76 Å². The van der Waals surface area contributed by atoms with Crippen LogP contribution in [0, 0.1) is 13.8 Å². The van der Waals surface area contributed by atoms with Crippen molar-refractivity contribution >= 4 is 5.96 Å². The van der Waals surface area contributed by atoms with E-state index in [2.05, 4.69) is 25.7 Å². The van der Waals surface area contributed by atoms with Crippen LogP contribution in [0.15, 0.2) is 27.9 Å². The van der Waals surface area contributed by atoms with Crippen molar-refractivity contribution in [1.82, 2.24) is 25.4 Å².